The van der Waals surface area contributed by atoms with Crippen LogP contribution in [0.15, 0.2) is 34.9 Å². The SMILES string of the molecule is CC=C(C)CC(C=C(C)CCC=C(C)C)N(C(C)=O)[C@@H](CS)C(=O)OC. The zero-order valence-electron chi connectivity index (χ0n) is 17.3. The Bertz CT molecular complexity index is 560. The molecule has 0 spiro atoms. The summed E-state index contributed by atoms with van der Waals surface area (Å²) in [6.07, 6.45) is 8.91. The second kappa shape index (κ2) is 12.8. The fourth-order valence-corrected chi connectivity index (χ4v) is 3.11. The van der Waals surface area contributed by atoms with Gasteiger partial charge in [-0.1, -0.05) is 34.9 Å². The highest BCUT2D eigenvalue weighted by molar-refractivity contribution is 7.80. The Morgan fingerprint density at radius 3 is 2.15 bits per heavy atom. The van der Waals surface area contributed by atoms with Gasteiger partial charge in [0.1, 0.15) is 6.04 Å². The molecule has 0 aromatic carbocycles. The van der Waals surface area contributed by atoms with E-state index in [9.17, 15) is 9.59 Å². The van der Waals surface area contributed by atoms with Gasteiger partial charge in [0.25, 0.3) is 0 Å². The van der Waals surface area contributed by atoms with Crippen molar-refractivity contribution in [2.75, 3.05) is 12.9 Å². The van der Waals surface area contributed by atoms with E-state index in [2.05, 4.69) is 45.6 Å². The Morgan fingerprint density at radius 2 is 1.73 bits per heavy atom. The van der Waals surface area contributed by atoms with Gasteiger partial charge in [-0.2, -0.15) is 12.6 Å². The van der Waals surface area contributed by atoms with Crippen molar-refractivity contribution in [2.24, 2.45) is 0 Å². The molecular formula is C21H35NO3S. The summed E-state index contributed by atoms with van der Waals surface area (Å²) in [5, 5.41) is 0. The molecule has 1 amide bonds. The maximum absolute atomic E-state index is 12.4. The molecule has 1 unspecified atom stereocenters. The number of hydrogen-bond donors (Lipinski definition) is 1. The van der Waals surface area contributed by atoms with E-state index in [1.807, 2.05) is 19.9 Å². The number of carbonyl (C=O) groups is 2. The van der Waals surface area contributed by atoms with Gasteiger partial charge < -0.3 is 9.64 Å². The molecular weight excluding hydrogens is 346 g/mol. The second-order valence-electron chi connectivity index (χ2n) is 6.89. The molecule has 0 aromatic heterocycles. The van der Waals surface area contributed by atoms with Gasteiger partial charge >= 0.3 is 5.97 Å². The molecule has 0 fully saturated rings. The summed E-state index contributed by atoms with van der Waals surface area (Å²) in [6, 6.07) is -0.899. The molecule has 0 radical (unpaired) electrons. The summed E-state index contributed by atoms with van der Waals surface area (Å²) in [7, 11) is 1.34. The van der Waals surface area contributed by atoms with Crippen molar-refractivity contribution in [3.05, 3.63) is 34.9 Å². The van der Waals surface area contributed by atoms with E-state index in [0.29, 0.717) is 6.42 Å². The van der Waals surface area contributed by atoms with Crippen molar-refractivity contribution in [3.63, 3.8) is 0 Å². The van der Waals surface area contributed by atoms with Gasteiger partial charge in [-0.3, -0.25) is 4.79 Å². The molecule has 0 aliphatic carbocycles. The first-order chi connectivity index (χ1) is 12.2. The largest absolute Gasteiger partial charge is 0.467 e. The van der Waals surface area contributed by atoms with Crippen LogP contribution in [0.25, 0.3) is 0 Å². The number of rotatable bonds is 10. The maximum atomic E-state index is 12.4. The van der Waals surface area contributed by atoms with Crippen molar-refractivity contribution in [1.29, 1.82) is 0 Å². The Hall–Kier alpha value is -1.49. The minimum atomic E-state index is -0.697. The molecule has 0 aliphatic rings. The Balaban J connectivity index is 5.74. The van der Waals surface area contributed by atoms with E-state index in [4.69, 9.17) is 4.74 Å². The van der Waals surface area contributed by atoms with E-state index in [-0.39, 0.29) is 17.7 Å². The molecule has 0 aromatic rings. The molecule has 0 heterocycles. The Labute approximate surface area is 164 Å². The number of nitrogens with zero attached hydrogens (tertiary/aromatic N) is 1. The standard InChI is InChI=1S/C21H35NO3S/c1-8-16(4)12-19(13-17(5)11-9-10-15(2)3)22(18(6)23)20(14-26)21(24)25-7/h8,10,13,19-20,26H,9,11-12,14H2,1-7H3/t19?,20-/m0/s1. The molecule has 4 nitrogen and oxygen atoms in total. The van der Waals surface area contributed by atoms with Crippen LogP contribution in [-0.2, 0) is 14.3 Å². The number of methoxy groups -OCH3 is 1. The quantitative estimate of drug-likeness (QED) is 0.338. The molecule has 0 aliphatic heterocycles. The van der Waals surface area contributed by atoms with Gasteiger partial charge in [-0.15, -0.1) is 0 Å². The molecule has 0 N–H and O–H groups in total. The number of amides is 1. The lowest BCUT2D eigenvalue weighted by atomic mass is 9.99. The lowest BCUT2D eigenvalue weighted by molar-refractivity contribution is -0.152. The van der Waals surface area contributed by atoms with Crippen molar-refractivity contribution in [2.45, 2.75) is 72.9 Å². The third-order valence-electron chi connectivity index (χ3n) is 4.29. The van der Waals surface area contributed by atoms with Crippen molar-refractivity contribution < 1.29 is 14.3 Å². The van der Waals surface area contributed by atoms with Crippen LogP contribution < -0.4 is 0 Å². The fraction of sp³-hybridized carbons (Fsp3) is 0.619. The van der Waals surface area contributed by atoms with Crippen LogP contribution in [0.3, 0.4) is 0 Å². The van der Waals surface area contributed by atoms with Crippen LogP contribution in [0.5, 0.6) is 0 Å². The summed E-state index contributed by atoms with van der Waals surface area (Å²) in [5.74, 6) is -0.368. The first kappa shape index (κ1) is 24.5. The summed E-state index contributed by atoms with van der Waals surface area (Å²) in [5.41, 5.74) is 3.66. The summed E-state index contributed by atoms with van der Waals surface area (Å²) >= 11 is 4.28. The average molecular weight is 382 g/mol. The van der Waals surface area contributed by atoms with Crippen molar-refractivity contribution in [1.82, 2.24) is 4.90 Å². The first-order valence-corrected chi connectivity index (χ1v) is 9.71. The summed E-state index contributed by atoms with van der Waals surface area (Å²) in [4.78, 5) is 26.2. The molecule has 0 saturated heterocycles. The highest BCUT2D eigenvalue weighted by Gasteiger charge is 2.32. The zero-order valence-corrected chi connectivity index (χ0v) is 18.2. The lowest BCUT2D eigenvalue weighted by Crippen LogP contribution is -2.51. The smallest absolute Gasteiger partial charge is 0.329 e. The number of carbonyl (C=O) groups excluding carboxylic acids is 2. The highest BCUT2D eigenvalue weighted by atomic mass is 32.1. The van der Waals surface area contributed by atoms with Crippen LogP contribution in [0.1, 0.15) is 60.8 Å². The normalized spacial score (nSPS) is 14.5. The third kappa shape index (κ3) is 8.75. The van der Waals surface area contributed by atoms with E-state index in [1.54, 1.807) is 4.90 Å². The summed E-state index contributed by atoms with van der Waals surface area (Å²) < 4.78 is 4.89. The van der Waals surface area contributed by atoms with Gasteiger partial charge in [0.05, 0.1) is 13.2 Å². The minimum Gasteiger partial charge on any atom is -0.467 e. The average Bonchev–Trinajstić information content (AvgIpc) is 2.57. The van der Waals surface area contributed by atoms with Crippen molar-refractivity contribution in [3.8, 4) is 0 Å². The van der Waals surface area contributed by atoms with E-state index in [1.165, 1.54) is 25.2 Å². The lowest BCUT2D eigenvalue weighted by Gasteiger charge is -2.34. The van der Waals surface area contributed by atoms with Gasteiger partial charge in [0.2, 0.25) is 5.91 Å². The number of thiol groups is 1. The van der Waals surface area contributed by atoms with Gasteiger partial charge in [-0.05, 0) is 53.9 Å². The van der Waals surface area contributed by atoms with Crippen LogP contribution in [0.4, 0.5) is 0 Å². The predicted molar refractivity (Wildman–Crippen MR) is 112 cm³/mol. The number of esters is 1. The number of hydrogen-bond acceptors (Lipinski definition) is 4. The Morgan fingerprint density at radius 1 is 1.12 bits per heavy atom. The van der Waals surface area contributed by atoms with E-state index >= 15 is 0 Å². The highest BCUT2D eigenvalue weighted by Crippen LogP contribution is 2.21. The maximum Gasteiger partial charge on any atom is 0.329 e. The van der Waals surface area contributed by atoms with E-state index in [0.717, 1.165) is 18.4 Å². The van der Waals surface area contributed by atoms with Gasteiger partial charge in [-0.25, -0.2) is 4.79 Å². The van der Waals surface area contributed by atoms with E-state index < -0.39 is 12.0 Å². The predicted octanol–water partition coefficient (Wildman–Crippen LogP) is 4.72. The number of ether oxygens (including phenoxy) is 1. The molecule has 0 rings (SSSR count). The van der Waals surface area contributed by atoms with Crippen LogP contribution >= 0.6 is 12.6 Å². The van der Waals surface area contributed by atoms with Gasteiger partial charge in [0, 0.05) is 12.7 Å². The Kier molecular flexibility index (Phi) is 12.1. The van der Waals surface area contributed by atoms with Crippen molar-refractivity contribution >= 4 is 24.5 Å². The third-order valence-corrected chi connectivity index (χ3v) is 4.64. The first-order valence-electron chi connectivity index (χ1n) is 9.07. The second-order valence-corrected chi connectivity index (χ2v) is 7.25. The molecule has 0 saturated carbocycles. The minimum absolute atomic E-state index is 0.156. The molecule has 148 valence electrons. The topological polar surface area (TPSA) is 46.6 Å². The van der Waals surface area contributed by atoms with Crippen LogP contribution in [-0.4, -0.2) is 41.7 Å². The number of allylic oxidation sites excluding steroid dienone is 4. The van der Waals surface area contributed by atoms with Gasteiger partial charge in [0.15, 0.2) is 0 Å². The van der Waals surface area contributed by atoms with Crippen LogP contribution in [0, 0.1) is 0 Å². The summed E-state index contributed by atoms with van der Waals surface area (Å²) in [6.45, 7) is 11.7. The molecule has 0 bridgehead atoms. The molecule has 5 heteroatoms. The molecule has 26 heavy (non-hydrogen) atoms. The monoisotopic (exact) mass is 381 g/mol. The fourth-order valence-electron chi connectivity index (χ4n) is 2.78. The zero-order chi connectivity index (χ0) is 20.3. The molecule has 2 atom stereocenters. The van der Waals surface area contributed by atoms with Crippen LogP contribution in [0.2, 0.25) is 0 Å².